The highest BCUT2D eigenvalue weighted by atomic mass is 79.9. The molecule has 0 amide bonds. The number of sulfonamides is 1. The van der Waals surface area contributed by atoms with Crippen LogP contribution in [0, 0.1) is 13.8 Å². The summed E-state index contributed by atoms with van der Waals surface area (Å²) in [5, 5.41) is 4.59. The maximum Gasteiger partial charge on any atom is 0.279 e. The number of hydrogen-bond acceptors (Lipinski definition) is 3. The Morgan fingerprint density at radius 3 is 2.00 bits per heavy atom. The van der Waals surface area contributed by atoms with E-state index in [0.717, 1.165) is 32.4 Å². The second-order valence-corrected chi connectivity index (χ2v) is 9.99. The van der Waals surface area contributed by atoms with Crippen LogP contribution in [0.2, 0.25) is 0 Å². The van der Waals surface area contributed by atoms with Gasteiger partial charge in [0.05, 0.1) is 16.6 Å². The van der Waals surface area contributed by atoms with Crippen LogP contribution in [0.5, 0.6) is 0 Å². The van der Waals surface area contributed by atoms with Gasteiger partial charge in [0, 0.05) is 10.9 Å². The highest BCUT2D eigenvalue weighted by molar-refractivity contribution is 9.10. The second kappa shape index (κ2) is 7.76. The van der Waals surface area contributed by atoms with Gasteiger partial charge < -0.3 is 0 Å². The molecule has 1 heterocycles. The molecule has 1 aliphatic rings. The molecule has 0 aromatic heterocycles. The van der Waals surface area contributed by atoms with Crippen LogP contribution >= 0.6 is 15.9 Å². The zero-order chi connectivity index (χ0) is 20.6. The van der Waals surface area contributed by atoms with E-state index < -0.39 is 10.0 Å². The second-order valence-electron chi connectivity index (χ2n) is 7.27. The van der Waals surface area contributed by atoms with Crippen LogP contribution in [0.15, 0.2) is 87.3 Å². The van der Waals surface area contributed by atoms with Gasteiger partial charge in [0.15, 0.2) is 0 Å². The molecule has 1 aliphatic heterocycles. The van der Waals surface area contributed by atoms with Crippen LogP contribution in [-0.2, 0) is 10.0 Å². The Morgan fingerprint density at radius 1 is 0.862 bits per heavy atom. The van der Waals surface area contributed by atoms with Gasteiger partial charge in [-0.05, 0) is 49.2 Å². The third-order valence-corrected chi connectivity index (χ3v) is 7.30. The van der Waals surface area contributed by atoms with Gasteiger partial charge in [0.1, 0.15) is 0 Å². The maximum absolute atomic E-state index is 13.4. The lowest BCUT2D eigenvalue weighted by atomic mass is 9.99. The molecule has 3 aromatic carbocycles. The van der Waals surface area contributed by atoms with Crippen LogP contribution in [-0.4, -0.2) is 18.5 Å². The summed E-state index contributed by atoms with van der Waals surface area (Å²) in [6.45, 7) is 3.96. The Balaban J connectivity index is 1.79. The summed E-state index contributed by atoms with van der Waals surface area (Å²) in [7, 11) is -3.78. The van der Waals surface area contributed by atoms with Gasteiger partial charge in [-0.3, -0.25) is 0 Å². The Bertz CT molecular complexity index is 1150. The minimum Gasteiger partial charge on any atom is -0.200 e. The van der Waals surface area contributed by atoms with Crippen molar-refractivity contribution < 1.29 is 8.42 Å². The van der Waals surface area contributed by atoms with E-state index in [0.29, 0.717) is 6.42 Å². The molecule has 0 fully saturated rings. The fraction of sp³-hybridized carbons (Fsp3) is 0.174. The topological polar surface area (TPSA) is 49.7 Å². The first-order valence-corrected chi connectivity index (χ1v) is 11.6. The molecule has 4 rings (SSSR count). The van der Waals surface area contributed by atoms with E-state index in [1.165, 1.54) is 4.41 Å². The van der Waals surface area contributed by atoms with Crippen LogP contribution in [0.3, 0.4) is 0 Å². The number of hydrazone groups is 1. The molecule has 29 heavy (non-hydrogen) atoms. The lowest BCUT2D eigenvalue weighted by Crippen LogP contribution is -2.27. The summed E-state index contributed by atoms with van der Waals surface area (Å²) >= 11 is 3.45. The largest absolute Gasteiger partial charge is 0.279 e. The van der Waals surface area contributed by atoms with Crippen molar-refractivity contribution in [2.24, 2.45) is 5.10 Å². The first-order valence-electron chi connectivity index (χ1n) is 9.36. The van der Waals surface area contributed by atoms with Gasteiger partial charge in [0.2, 0.25) is 0 Å². The van der Waals surface area contributed by atoms with E-state index in [2.05, 4.69) is 21.0 Å². The predicted molar refractivity (Wildman–Crippen MR) is 119 cm³/mol. The highest BCUT2D eigenvalue weighted by Crippen LogP contribution is 2.37. The Morgan fingerprint density at radius 2 is 1.41 bits per heavy atom. The van der Waals surface area contributed by atoms with Crippen molar-refractivity contribution in [2.75, 3.05) is 0 Å². The molecule has 4 nitrogen and oxygen atoms in total. The lowest BCUT2D eigenvalue weighted by molar-refractivity contribution is 0.371. The normalized spacial score (nSPS) is 16.7. The molecule has 0 N–H and O–H groups in total. The van der Waals surface area contributed by atoms with Crippen LogP contribution < -0.4 is 0 Å². The Hall–Kier alpha value is -2.44. The fourth-order valence-electron chi connectivity index (χ4n) is 3.38. The van der Waals surface area contributed by atoms with Crippen molar-refractivity contribution in [1.29, 1.82) is 0 Å². The van der Waals surface area contributed by atoms with E-state index in [4.69, 9.17) is 0 Å². The number of halogens is 1. The van der Waals surface area contributed by atoms with Crippen LogP contribution in [0.1, 0.15) is 34.7 Å². The molecule has 0 spiro atoms. The van der Waals surface area contributed by atoms with Crippen LogP contribution in [0.4, 0.5) is 0 Å². The summed E-state index contributed by atoms with van der Waals surface area (Å²) in [5.74, 6) is 0. The third-order valence-electron chi connectivity index (χ3n) is 5.08. The first-order chi connectivity index (χ1) is 13.8. The molecule has 3 aromatic rings. The van der Waals surface area contributed by atoms with Crippen molar-refractivity contribution in [1.82, 2.24) is 4.41 Å². The van der Waals surface area contributed by atoms with Crippen molar-refractivity contribution in [3.8, 4) is 0 Å². The van der Waals surface area contributed by atoms with Gasteiger partial charge in [-0.25, -0.2) is 0 Å². The Labute approximate surface area is 180 Å². The lowest BCUT2D eigenvalue weighted by Gasteiger charge is -2.23. The number of rotatable bonds is 4. The SMILES string of the molecule is Cc1ccc(C2=NN(S(=O)(=O)c3ccc(C)cc3)[C@@H](c3ccc(Br)cc3)C2)cc1. The van der Waals surface area contributed by atoms with Crippen molar-refractivity contribution in [2.45, 2.75) is 31.2 Å². The molecule has 0 saturated carbocycles. The number of aryl methyl sites for hydroxylation is 2. The summed E-state index contributed by atoms with van der Waals surface area (Å²) in [4.78, 5) is 0.249. The fourth-order valence-corrected chi connectivity index (χ4v) is 5.08. The predicted octanol–water partition coefficient (Wildman–Crippen LogP) is 5.61. The average molecular weight is 469 g/mol. The smallest absolute Gasteiger partial charge is 0.200 e. The van der Waals surface area contributed by atoms with E-state index in [-0.39, 0.29) is 10.9 Å². The van der Waals surface area contributed by atoms with Gasteiger partial charge in [-0.15, -0.1) is 0 Å². The van der Waals surface area contributed by atoms with Crippen molar-refractivity contribution in [3.63, 3.8) is 0 Å². The summed E-state index contributed by atoms with van der Waals surface area (Å²) in [6.07, 6.45) is 0.524. The van der Waals surface area contributed by atoms with Crippen molar-refractivity contribution >= 4 is 31.7 Å². The van der Waals surface area contributed by atoms with E-state index in [1.54, 1.807) is 12.1 Å². The van der Waals surface area contributed by atoms with Crippen molar-refractivity contribution in [3.05, 3.63) is 99.5 Å². The molecule has 1 atom stereocenters. The number of benzene rings is 3. The molecule has 0 saturated heterocycles. The molecule has 148 valence electrons. The first kappa shape index (κ1) is 19.9. The van der Waals surface area contributed by atoms with E-state index >= 15 is 0 Å². The maximum atomic E-state index is 13.4. The standard InChI is InChI=1S/C23H21BrN2O2S/c1-16-3-7-18(8-4-16)22-15-23(19-9-11-20(24)12-10-19)26(25-22)29(27,28)21-13-5-17(2)6-14-21/h3-14,23H,15H2,1-2H3/t23-/m1/s1. The molecular formula is C23H21BrN2O2S. The molecule has 0 aliphatic carbocycles. The number of hydrogen-bond donors (Lipinski definition) is 0. The number of nitrogens with zero attached hydrogens (tertiary/aromatic N) is 2. The van der Waals surface area contributed by atoms with Gasteiger partial charge in [-0.2, -0.15) is 17.9 Å². The minimum atomic E-state index is -3.78. The van der Waals surface area contributed by atoms with Crippen LogP contribution in [0.25, 0.3) is 0 Å². The zero-order valence-corrected chi connectivity index (χ0v) is 18.6. The molecule has 0 unspecified atom stereocenters. The summed E-state index contributed by atoms with van der Waals surface area (Å²) in [6, 6.07) is 22.3. The van der Waals surface area contributed by atoms with Gasteiger partial charge in [0.25, 0.3) is 10.0 Å². The van der Waals surface area contributed by atoms with E-state index in [9.17, 15) is 8.42 Å². The monoisotopic (exact) mass is 468 g/mol. The summed E-state index contributed by atoms with van der Waals surface area (Å²) in [5.41, 5.74) is 4.79. The Kier molecular flexibility index (Phi) is 5.32. The molecule has 6 heteroatoms. The highest BCUT2D eigenvalue weighted by Gasteiger charge is 2.37. The molecule has 0 bridgehead atoms. The third kappa shape index (κ3) is 4.00. The minimum absolute atomic E-state index is 0.249. The quantitative estimate of drug-likeness (QED) is 0.499. The zero-order valence-electron chi connectivity index (χ0n) is 16.2. The van der Waals surface area contributed by atoms with E-state index in [1.807, 2.05) is 74.5 Å². The van der Waals surface area contributed by atoms with Gasteiger partial charge >= 0.3 is 0 Å². The molecule has 0 radical (unpaired) electrons. The van der Waals surface area contributed by atoms with Gasteiger partial charge in [-0.1, -0.05) is 75.6 Å². The molecular weight excluding hydrogens is 448 g/mol. The summed E-state index contributed by atoms with van der Waals surface area (Å²) < 4.78 is 29.1. The average Bonchev–Trinajstić information content (AvgIpc) is 3.16.